The van der Waals surface area contributed by atoms with Crippen molar-refractivity contribution >= 4 is 17.9 Å². The summed E-state index contributed by atoms with van der Waals surface area (Å²) < 4.78 is 16.0. The molecule has 1 aromatic carbocycles. The monoisotopic (exact) mass is 435 g/mol. The lowest BCUT2D eigenvalue weighted by molar-refractivity contribution is -0.143. The number of benzene rings is 1. The van der Waals surface area contributed by atoms with Gasteiger partial charge in [0.15, 0.2) is 11.5 Å². The molecule has 0 saturated carbocycles. The Morgan fingerprint density at radius 3 is 1.90 bits per heavy atom. The number of likely N-dealkylation sites (N-methyl/N-ethyl adjacent to an activating group) is 1. The maximum absolute atomic E-state index is 12.5. The number of hydrogen-bond donors (Lipinski definition) is 1. The number of carbonyl (C=O) groups is 3. The maximum atomic E-state index is 12.5. The molecular formula is C24H37NO6. The summed E-state index contributed by atoms with van der Waals surface area (Å²) in [6, 6.07) is 4.49. The number of rotatable bonds is 13. The van der Waals surface area contributed by atoms with Gasteiger partial charge in [0, 0.05) is 0 Å². The van der Waals surface area contributed by atoms with Crippen LogP contribution in [0.1, 0.15) is 65.9 Å². The van der Waals surface area contributed by atoms with Gasteiger partial charge < -0.3 is 19.5 Å². The lowest BCUT2D eigenvalue weighted by atomic mass is 10.0. The molecule has 3 atom stereocenters. The van der Waals surface area contributed by atoms with Gasteiger partial charge in [-0.25, -0.2) is 0 Å². The third kappa shape index (κ3) is 8.69. The van der Waals surface area contributed by atoms with Crippen molar-refractivity contribution in [2.45, 2.75) is 72.8 Å². The number of esters is 3. The van der Waals surface area contributed by atoms with E-state index in [1.54, 1.807) is 18.2 Å². The zero-order valence-electron chi connectivity index (χ0n) is 19.7. The quantitative estimate of drug-likeness (QED) is 0.369. The minimum atomic E-state index is -0.532. The van der Waals surface area contributed by atoms with Gasteiger partial charge in [-0.15, -0.1) is 0 Å². The molecule has 0 radical (unpaired) electrons. The lowest BCUT2D eigenvalue weighted by Crippen LogP contribution is -2.39. The minimum Gasteiger partial charge on any atom is -0.468 e. The fraction of sp³-hybridized carbons (Fsp3) is 0.625. The molecular weight excluding hydrogens is 398 g/mol. The second kappa shape index (κ2) is 13.8. The molecule has 7 nitrogen and oxygen atoms in total. The van der Waals surface area contributed by atoms with Gasteiger partial charge in [-0.2, -0.15) is 0 Å². The minimum absolute atomic E-state index is 0.183. The van der Waals surface area contributed by atoms with Gasteiger partial charge in [0.05, 0.1) is 18.9 Å². The van der Waals surface area contributed by atoms with Crippen molar-refractivity contribution in [1.29, 1.82) is 0 Å². The van der Waals surface area contributed by atoms with Gasteiger partial charge in [-0.3, -0.25) is 14.4 Å². The third-order valence-corrected chi connectivity index (χ3v) is 5.05. The van der Waals surface area contributed by atoms with Gasteiger partial charge in [0.25, 0.3) is 0 Å². The first-order valence-electron chi connectivity index (χ1n) is 11.1. The number of carbonyl (C=O) groups excluding carboxylic acids is 3. The van der Waals surface area contributed by atoms with Crippen LogP contribution >= 0.6 is 0 Å². The summed E-state index contributed by atoms with van der Waals surface area (Å²) in [5, 5.41) is 3.09. The normalized spacial score (nSPS) is 13.7. The highest BCUT2D eigenvalue weighted by atomic mass is 16.6. The van der Waals surface area contributed by atoms with E-state index >= 15 is 0 Å². The number of methoxy groups -OCH3 is 1. The summed E-state index contributed by atoms with van der Waals surface area (Å²) in [6.07, 6.45) is 3.48. The Kier molecular flexibility index (Phi) is 11.9. The van der Waals surface area contributed by atoms with Crippen molar-refractivity contribution in [1.82, 2.24) is 5.32 Å². The van der Waals surface area contributed by atoms with Gasteiger partial charge >= 0.3 is 17.9 Å². The zero-order chi connectivity index (χ0) is 23.4. The SMILES string of the molecule is CCCC(C)C(=O)Oc1ccc(C[C@H](NCC)C(=O)OC)cc1OC(=O)C(C)CCC. The highest BCUT2D eigenvalue weighted by Gasteiger charge is 2.23. The molecule has 0 aliphatic heterocycles. The molecule has 0 spiro atoms. The van der Waals surface area contributed by atoms with Crippen LogP contribution in [-0.4, -0.2) is 37.6 Å². The van der Waals surface area contributed by atoms with E-state index < -0.39 is 6.04 Å². The first kappa shape index (κ1) is 26.6. The Morgan fingerprint density at radius 2 is 1.42 bits per heavy atom. The molecule has 0 heterocycles. The van der Waals surface area contributed by atoms with E-state index in [1.807, 2.05) is 34.6 Å². The van der Waals surface area contributed by atoms with Crippen molar-refractivity contribution in [3.63, 3.8) is 0 Å². The zero-order valence-corrected chi connectivity index (χ0v) is 19.7. The molecule has 7 heteroatoms. The first-order chi connectivity index (χ1) is 14.8. The third-order valence-electron chi connectivity index (χ3n) is 5.05. The van der Waals surface area contributed by atoms with Crippen molar-refractivity contribution in [2.75, 3.05) is 13.7 Å². The van der Waals surface area contributed by atoms with E-state index in [4.69, 9.17) is 14.2 Å². The fourth-order valence-corrected chi connectivity index (χ4v) is 3.23. The van der Waals surface area contributed by atoms with E-state index in [1.165, 1.54) is 7.11 Å². The van der Waals surface area contributed by atoms with Crippen molar-refractivity contribution in [3.05, 3.63) is 23.8 Å². The molecule has 174 valence electrons. The summed E-state index contributed by atoms with van der Waals surface area (Å²) in [5.41, 5.74) is 0.753. The molecule has 31 heavy (non-hydrogen) atoms. The van der Waals surface area contributed by atoms with Gasteiger partial charge in [0.1, 0.15) is 6.04 Å². The molecule has 0 aliphatic rings. The maximum Gasteiger partial charge on any atom is 0.323 e. The van der Waals surface area contributed by atoms with Crippen molar-refractivity contribution < 1.29 is 28.6 Å². The average molecular weight is 436 g/mol. The molecule has 1 N–H and O–H groups in total. The van der Waals surface area contributed by atoms with E-state index in [0.717, 1.165) is 18.4 Å². The van der Waals surface area contributed by atoms with Crippen LogP contribution in [0.25, 0.3) is 0 Å². The van der Waals surface area contributed by atoms with E-state index in [2.05, 4.69) is 5.32 Å². The summed E-state index contributed by atoms with van der Waals surface area (Å²) in [4.78, 5) is 37.0. The van der Waals surface area contributed by atoms with Crippen LogP contribution in [0.2, 0.25) is 0 Å². The Balaban J connectivity index is 3.17. The Bertz CT molecular complexity index is 733. The number of ether oxygens (including phenoxy) is 3. The smallest absolute Gasteiger partial charge is 0.323 e. The fourth-order valence-electron chi connectivity index (χ4n) is 3.23. The molecule has 0 saturated heterocycles. The van der Waals surface area contributed by atoms with E-state index in [9.17, 15) is 14.4 Å². The highest BCUT2D eigenvalue weighted by molar-refractivity contribution is 5.79. The van der Waals surface area contributed by atoms with Crippen LogP contribution in [0.15, 0.2) is 18.2 Å². The summed E-state index contributed by atoms with van der Waals surface area (Å²) in [7, 11) is 1.34. The second-order valence-electron chi connectivity index (χ2n) is 7.84. The predicted molar refractivity (Wildman–Crippen MR) is 119 cm³/mol. The molecule has 1 aromatic rings. The van der Waals surface area contributed by atoms with Crippen LogP contribution in [-0.2, 0) is 25.5 Å². The van der Waals surface area contributed by atoms with Crippen LogP contribution in [0.3, 0.4) is 0 Å². The number of nitrogens with one attached hydrogen (secondary N) is 1. The van der Waals surface area contributed by atoms with E-state index in [0.29, 0.717) is 25.8 Å². The van der Waals surface area contributed by atoms with Crippen molar-refractivity contribution in [3.8, 4) is 11.5 Å². The highest BCUT2D eigenvalue weighted by Crippen LogP contribution is 2.31. The molecule has 0 aromatic heterocycles. The Labute approximate surface area is 185 Å². The molecule has 0 aliphatic carbocycles. The first-order valence-corrected chi connectivity index (χ1v) is 11.1. The Hall–Kier alpha value is -2.41. The predicted octanol–water partition coefficient (Wildman–Crippen LogP) is 4.06. The van der Waals surface area contributed by atoms with E-state index in [-0.39, 0.29) is 41.2 Å². The average Bonchev–Trinajstić information content (AvgIpc) is 2.74. The number of hydrogen-bond acceptors (Lipinski definition) is 7. The summed E-state index contributed by atoms with van der Waals surface area (Å²) in [5.74, 6) is -1.27. The van der Waals surface area contributed by atoms with Crippen LogP contribution in [0.5, 0.6) is 11.5 Å². The summed E-state index contributed by atoms with van der Waals surface area (Å²) in [6.45, 7) is 10.1. The largest absolute Gasteiger partial charge is 0.468 e. The van der Waals surface area contributed by atoms with Gasteiger partial charge in [-0.05, 0) is 43.5 Å². The van der Waals surface area contributed by atoms with Gasteiger partial charge in [-0.1, -0.05) is 53.5 Å². The van der Waals surface area contributed by atoms with Crippen LogP contribution in [0.4, 0.5) is 0 Å². The second-order valence-corrected chi connectivity index (χ2v) is 7.84. The molecule has 0 amide bonds. The summed E-state index contributed by atoms with van der Waals surface area (Å²) >= 11 is 0. The van der Waals surface area contributed by atoms with Crippen LogP contribution < -0.4 is 14.8 Å². The Morgan fingerprint density at radius 1 is 0.871 bits per heavy atom. The lowest BCUT2D eigenvalue weighted by Gasteiger charge is -2.18. The van der Waals surface area contributed by atoms with Crippen molar-refractivity contribution in [2.24, 2.45) is 11.8 Å². The molecule has 0 bridgehead atoms. The van der Waals surface area contributed by atoms with Gasteiger partial charge in [0.2, 0.25) is 0 Å². The molecule has 1 rings (SSSR count). The van der Waals surface area contributed by atoms with Crippen LogP contribution in [0, 0.1) is 11.8 Å². The molecule has 0 fully saturated rings. The topological polar surface area (TPSA) is 90.9 Å². The standard InChI is InChI=1S/C24H37NO6/c1-7-10-16(4)22(26)30-20-13-12-18(14-19(25-9-3)24(28)29-6)15-21(20)31-23(27)17(5)11-8-2/h12-13,15-17,19,25H,7-11,14H2,1-6H3/t16?,17?,19-/m0/s1. The molecule has 2 unspecified atom stereocenters.